The van der Waals surface area contributed by atoms with Crippen LogP contribution >= 0.6 is 0 Å². The van der Waals surface area contributed by atoms with E-state index in [0.717, 1.165) is 17.9 Å². The van der Waals surface area contributed by atoms with E-state index in [1.807, 2.05) is 31.2 Å². The molecule has 0 amide bonds. The zero-order valence-corrected chi connectivity index (χ0v) is 18.6. The number of hydrogen-bond acceptors (Lipinski definition) is 0. The van der Waals surface area contributed by atoms with Crippen molar-refractivity contribution in [3.05, 3.63) is 71.3 Å². The van der Waals surface area contributed by atoms with Crippen molar-refractivity contribution in [2.45, 2.75) is 78.1 Å². The highest BCUT2D eigenvalue weighted by atomic mass is 19.2. The zero-order valence-electron chi connectivity index (χ0n) is 18.6. The third-order valence-electron chi connectivity index (χ3n) is 6.62. The number of allylic oxidation sites excluding steroid dienone is 2. The van der Waals surface area contributed by atoms with Gasteiger partial charge in [-0.25, -0.2) is 8.78 Å². The second-order valence-corrected chi connectivity index (χ2v) is 9.01. The number of benzene rings is 2. The van der Waals surface area contributed by atoms with Crippen LogP contribution in [-0.2, 0) is 6.42 Å². The van der Waals surface area contributed by atoms with Crippen LogP contribution in [0.15, 0.2) is 48.6 Å². The molecule has 162 valence electrons. The molecule has 0 saturated heterocycles. The highest BCUT2D eigenvalue weighted by Gasteiger charge is 2.19. The molecule has 1 saturated carbocycles. The van der Waals surface area contributed by atoms with Crippen LogP contribution in [0.2, 0.25) is 0 Å². The van der Waals surface area contributed by atoms with Gasteiger partial charge in [-0.15, -0.1) is 0 Å². The lowest BCUT2D eigenvalue weighted by atomic mass is 9.79. The van der Waals surface area contributed by atoms with Crippen molar-refractivity contribution in [3.63, 3.8) is 0 Å². The van der Waals surface area contributed by atoms with Gasteiger partial charge in [-0.2, -0.15) is 0 Å². The minimum Gasteiger partial charge on any atom is -0.203 e. The monoisotopic (exact) mass is 410 g/mol. The van der Waals surface area contributed by atoms with Gasteiger partial charge in [0.05, 0.1) is 0 Å². The molecule has 2 heteroatoms. The van der Waals surface area contributed by atoms with Crippen LogP contribution in [0, 0.1) is 30.4 Å². The number of unbranched alkanes of at least 4 members (excludes halogenated alkanes) is 2. The van der Waals surface area contributed by atoms with E-state index in [1.165, 1.54) is 51.4 Å². The van der Waals surface area contributed by atoms with Crippen LogP contribution in [0.3, 0.4) is 0 Å². The van der Waals surface area contributed by atoms with Crippen molar-refractivity contribution in [1.82, 2.24) is 0 Å². The summed E-state index contributed by atoms with van der Waals surface area (Å²) >= 11 is 0. The molecule has 1 aliphatic rings. The zero-order chi connectivity index (χ0) is 21.3. The maximum absolute atomic E-state index is 14.6. The van der Waals surface area contributed by atoms with E-state index in [4.69, 9.17) is 0 Å². The van der Waals surface area contributed by atoms with Gasteiger partial charge in [0.15, 0.2) is 11.6 Å². The lowest BCUT2D eigenvalue weighted by molar-refractivity contribution is 0.289. The summed E-state index contributed by atoms with van der Waals surface area (Å²) < 4.78 is 29.2. The molecule has 2 aromatic rings. The normalized spacial score (nSPS) is 19.5. The fraction of sp³-hybridized carbons (Fsp3) is 0.500. The SMILES string of the molecule is CCCCCC1CCC(/C=C/CCc2ccc(-c3ccc(C)cc3)c(F)c2F)CC1. The number of aryl methyl sites for hydroxylation is 2. The second kappa shape index (κ2) is 11.4. The highest BCUT2D eigenvalue weighted by molar-refractivity contribution is 5.65. The van der Waals surface area contributed by atoms with Gasteiger partial charge in [0.1, 0.15) is 0 Å². The maximum atomic E-state index is 14.6. The molecule has 2 aromatic carbocycles. The van der Waals surface area contributed by atoms with Gasteiger partial charge in [0, 0.05) is 5.56 Å². The molecule has 3 rings (SSSR count). The Morgan fingerprint density at radius 2 is 1.63 bits per heavy atom. The Morgan fingerprint density at radius 3 is 2.33 bits per heavy atom. The fourth-order valence-corrected chi connectivity index (χ4v) is 4.62. The molecule has 0 unspecified atom stereocenters. The summed E-state index contributed by atoms with van der Waals surface area (Å²) in [5.41, 5.74) is 2.62. The first-order chi connectivity index (χ1) is 14.6. The summed E-state index contributed by atoms with van der Waals surface area (Å²) in [6.45, 7) is 4.25. The molecule has 0 atom stereocenters. The fourth-order valence-electron chi connectivity index (χ4n) is 4.62. The topological polar surface area (TPSA) is 0 Å². The Kier molecular flexibility index (Phi) is 8.66. The second-order valence-electron chi connectivity index (χ2n) is 9.01. The molecule has 1 aliphatic carbocycles. The molecule has 0 heterocycles. The van der Waals surface area contributed by atoms with Gasteiger partial charge in [0.2, 0.25) is 0 Å². The Labute approximate surface area is 181 Å². The Morgan fingerprint density at radius 1 is 0.900 bits per heavy atom. The first kappa shape index (κ1) is 22.7. The summed E-state index contributed by atoms with van der Waals surface area (Å²) in [7, 11) is 0. The first-order valence-electron chi connectivity index (χ1n) is 11.8. The van der Waals surface area contributed by atoms with E-state index in [9.17, 15) is 8.78 Å². The van der Waals surface area contributed by atoms with Crippen LogP contribution in [0.25, 0.3) is 11.1 Å². The van der Waals surface area contributed by atoms with Crippen molar-refractivity contribution >= 4 is 0 Å². The Balaban J connectivity index is 1.48. The molecule has 0 spiro atoms. The average Bonchev–Trinajstić information content (AvgIpc) is 2.76. The van der Waals surface area contributed by atoms with E-state index < -0.39 is 11.6 Å². The molecule has 0 aromatic heterocycles. The maximum Gasteiger partial charge on any atom is 0.166 e. The van der Waals surface area contributed by atoms with Crippen LogP contribution in [0.5, 0.6) is 0 Å². The molecule has 30 heavy (non-hydrogen) atoms. The van der Waals surface area contributed by atoms with E-state index in [1.54, 1.807) is 12.1 Å². The Hall–Kier alpha value is -1.96. The summed E-state index contributed by atoms with van der Waals surface area (Å²) in [5, 5.41) is 0. The lowest BCUT2D eigenvalue weighted by Gasteiger charge is -2.26. The summed E-state index contributed by atoms with van der Waals surface area (Å²) in [5.74, 6) is 0.152. The Bertz CT molecular complexity index is 811. The van der Waals surface area contributed by atoms with Gasteiger partial charge in [-0.1, -0.05) is 86.7 Å². The van der Waals surface area contributed by atoms with Crippen molar-refractivity contribution in [2.75, 3.05) is 0 Å². The van der Waals surface area contributed by atoms with Crippen molar-refractivity contribution < 1.29 is 8.78 Å². The van der Waals surface area contributed by atoms with E-state index in [2.05, 4.69) is 19.1 Å². The van der Waals surface area contributed by atoms with Gasteiger partial charge in [-0.05, 0) is 68.4 Å². The van der Waals surface area contributed by atoms with E-state index in [-0.39, 0.29) is 0 Å². The summed E-state index contributed by atoms with van der Waals surface area (Å²) in [4.78, 5) is 0. The van der Waals surface area contributed by atoms with Crippen molar-refractivity contribution in [2.24, 2.45) is 11.8 Å². The minimum atomic E-state index is -0.735. The van der Waals surface area contributed by atoms with Crippen molar-refractivity contribution in [1.29, 1.82) is 0 Å². The number of hydrogen-bond donors (Lipinski definition) is 0. The molecule has 0 N–H and O–H groups in total. The standard InChI is InChI=1S/C28H36F2/c1-3-4-5-8-22-13-15-23(16-14-22)9-6-7-10-25-19-20-26(28(30)27(25)29)24-17-11-21(2)12-18-24/h6,9,11-12,17-20,22-23H,3-5,7-8,10,13-16H2,1-2H3/b9-6+. The first-order valence-corrected chi connectivity index (χ1v) is 11.8. The average molecular weight is 411 g/mol. The smallest absolute Gasteiger partial charge is 0.166 e. The van der Waals surface area contributed by atoms with Gasteiger partial charge >= 0.3 is 0 Å². The van der Waals surface area contributed by atoms with Gasteiger partial charge in [0.25, 0.3) is 0 Å². The molecular formula is C28H36F2. The summed E-state index contributed by atoms with van der Waals surface area (Å²) in [6, 6.07) is 11.0. The predicted octanol–water partition coefficient (Wildman–Crippen LogP) is 8.82. The molecule has 0 aliphatic heterocycles. The summed E-state index contributed by atoms with van der Waals surface area (Å²) in [6.07, 6.45) is 16.5. The molecule has 0 nitrogen and oxygen atoms in total. The highest BCUT2D eigenvalue weighted by Crippen LogP contribution is 2.33. The third kappa shape index (κ3) is 6.27. The van der Waals surface area contributed by atoms with Crippen molar-refractivity contribution in [3.8, 4) is 11.1 Å². The molecule has 1 fully saturated rings. The van der Waals surface area contributed by atoms with Crippen LogP contribution < -0.4 is 0 Å². The van der Waals surface area contributed by atoms with Crippen LogP contribution in [0.1, 0.15) is 75.8 Å². The van der Waals surface area contributed by atoms with Crippen LogP contribution in [-0.4, -0.2) is 0 Å². The molecule has 0 bridgehead atoms. The molecular weight excluding hydrogens is 374 g/mol. The van der Waals surface area contributed by atoms with E-state index in [0.29, 0.717) is 29.0 Å². The molecule has 0 radical (unpaired) electrons. The van der Waals surface area contributed by atoms with Gasteiger partial charge in [-0.3, -0.25) is 0 Å². The number of halogens is 2. The number of rotatable bonds is 9. The van der Waals surface area contributed by atoms with Gasteiger partial charge < -0.3 is 0 Å². The quantitative estimate of drug-likeness (QED) is 0.286. The lowest BCUT2D eigenvalue weighted by Crippen LogP contribution is -2.13. The van der Waals surface area contributed by atoms with Crippen LogP contribution in [0.4, 0.5) is 8.78 Å². The van der Waals surface area contributed by atoms with E-state index >= 15 is 0 Å². The predicted molar refractivity (Wildman–Crippen MR) is 124 cm³/mol. The largest absolute Gasteiger partial charge is 0.203 e. The third-order valence-corrected chi connectivity index (χ3v) is 6.62. The minimum absolute atomic E-state index is 0.336.